The first kappa shape index (κ1) is 20.2. The van der Waals surface area contributed by atoms with Gasteiger partial charge in [0.1, 0.15) is 10.8 Å². The number of hydrogen-bond donors (Lipinski definition) is 2. The van der Waals surface area contributed by atoms with Crippen molar-refractivity contribution in [2.24, 2.45) is 0 Å². The second-order valence-electron chi connectivity index (χ2n) is 9.05. The molecule has 6 rings (SSSR count). The molecule has 0 atom stereocenters. The molecule has 2 aromatic heterocycles. The van der Waals surface area contributed by atoms with Gasteiger partial charge in [0.05, 0.1) is 11.2 Å². The Morgan fingerprint density at radius 1 is 1.06 bits per heavy atom. The van der Waals surface area contributed by atoms with Crippen LogP contribution in [0.15, 0.2) is 60.7 Å². The van der Waals surface area contributed by atoms with Crippen LogP contribution in [-0.2, 0) is 5.54 Å². The van der Waals surface area contributed by atoms with E-state index in [1.54, 1.807) is 0 Å². The Bertz CT molecular complexity index is 1360. The van der Waals surface area contributed by atoms with Crippen molar-refractivity contribution >= 4 is 23.3 Å². The van der Waals surface area contributed by atoms with Gasteiger partial charge in [-0.3, -0.25) is 0 Å². The molecule has 33 heavy (non-hydrogen) atoms. The Balaban J connectivity index is 1.51. The van der Waals surface area contributed by atoms with Crippen LogP contribution in [0.2, 0.25) is 5.15 Å². The molecule has 0 unspecified atom stereocenters. The van der Waals surface area contributed by atoms with Gasteiger partial charge in [-0.1, -0.05) is 66.2 Å². The lowest BCUT2D eigenvalue weighted by molar-refractivity contribution is 0.144. The Morgan fingerprint density at radius 2 is 1.79 bits per heavy atom. The minimum Gasteiger partial charge on any atom is -0.465 e. The van der Waals surface area contributed by atoms with Crippen molar-refractivity contribution in [1.82, 2.24) is 19.9 Å². The lowest BCUT2D eigenvalue weighted by Gasteiger charge is -2.42. The minimum atomic E-state index is -0.985. The standard InChI is InChI=1S/C26H23ClN4O2/c27-21-15-20(16-7-8-16)24-28-22(23(31(24)30-21)18-5-2-1-3-6-18)17-9-11-19(12-10-17)26(13-4-14-26)29-25(32)33/h1-3,5-6,9-12,15-16,29H,4,7-8,13-14H2,(H,32,33). The summed E-state index contributed by atoms with van der Waals surface area (Å²) in [6.45, 7) is 0. The zero-order chi connectivity index (χ0) is 22.6. The predicted molar refractivity (Wildman–Crippen MR) is 128 cm³/mol. The second kappa shape index (κ2) is 7.59. The van der Waals surface area contributed by atoms with Crippen molar-refractivity contribution in [2.45, 2.75) is 43.6 Å². The fourth-order valence-electron chi connectivity index (χ4n) is 4.93. The smallest absolute Gasteiger partial charge is 0.405 e. The van der Waals surface area contributed by atoms with Crippen molar-refractivity contribution in [3.63, 3.8) is 0 Å². The largest absolute Gasteiger partial charge is 0.465 e. The molecule has 2 aliphatic carbocycles. The molecule has 166 valence electrons. The summed E-state index contributed by atoms with van der Waals surface area (Å²) in [5, 5.41) is 17.1. The van der Waals surface area contributed by atoms with Crippen LogP contribution in [-0.4, -0.2) is 25.8 Å². The van der Waals surface area contributed by atoms with E-state index in [-0.39, 0.29) is 0 Å². The summed E-state index contributed by atoms with van der Waals surface area (Å²) in [6, 6.07) is 20.2. The predicted octanol–water partition coefficient (Wildman–Crippen LogP) is 6.24. The lowest BCUT2D eigenvalue weighted by atomic mass is 9.72. The zero-order valence-corrected chi connectivity index (χ0v) is 18.7. The second-order valence-corrected chi connectivity index (χ2v) is 9.44. The molecule has 2 N–H and O–H groups in total. The van der Waals surface area contributed by atoms with Gasteiger partial charge in [0.15, 0.2) is 5.65 Å². The van der Waals surface area contributed by atoms with E-state index in [1.807, 2.05) is 53.0 Å². The van der Waals surface area contributed by atoms with Gasteiger partial charge < -0.3 is 10.4 Å². The molecule has 2 aromatic carbocycles. The molecule has 2 heterocycles. The molecule has 0 saturated heterocycles. The average molecular weight is 459 g/mol. The van der Waals surface area contributed by atoms with E-state index >= 15 is 0 Å². The normalized spacial score (nSPS) is 17.0. The highest BCUT2D eigenvalue weighted by atomic mass is 35.5. The Labute approximate surface area is 196 Å². The Kier molecular flexibility index (Phi) is 4.66. The fraction of sp³-hybridized carbons (Fsp3) is 0.269. The van der Waals surface area contributed by atoms with Gasteiger partial charge in [0.25, 0.3) is 0 Å². The molecule has 0 spiro atoms. The third-order valence-electron chi connectivity index (χ3n) is 6.91. The van der Waals surface area contributed by atoms with Gasteiger partial charge in [-0.15, -0.1) is 0 Å². The highest BCUT2D eigenvalue weighted by Crippen LogP contribution is 2.45. The highest BCUT2D eigenvalue weighted by Gasteiger charge is 2.40. The number of halogens is 1. The van der Waals surface area contributed by atoms with E-state index in [4.69, 9.17) is 16.6 Å². The number of benzene rings is 2. The summed E-state index contributed by atoms with van der Waals surface area (Å²) < 4.78 is 1.88. The lowest BCUT2D eigenvalue weighted by Crippen LogP contribution is -2.50. The first-order valence-electron chi connectivity index (χ1n) is 11.3. The number of hydrogen-bond acceptors (Lipinski definition) is 3. The first-order valence-corrected chi connectivity index (χ1v) is 11.7. The van der Waals surface area contributed by atoms with Gasteiger partial charge in [-0.05, 0) is 49.7 Å². The number of carboxylic acid groups (broad SMARTS) is 1. The number of nitrogens with one attached hydrogen (secondary N) is 1. The van der Waals surface area contributed by atoms with Gasteiger partial charge in [0.2, 0.25) is 0 Å². The third-order valence-corrected chi connectivity index (χ3v) is 7.10. The molecule has 1 amide bonds. The summed E-state index contributed by atoms with van der Waals surface area (Å²) in [4.78, 5) is 16.4. The number of imidazole rings is 1. The summed E-state index contributed by atoms with van der Waals surface area (Å²) in [7, 11) is 0. The number of carbonyl (C=O) groups is 1. The van der Waals surface area contributed by atoms with Crippen molar-refractivity contribution in [1.29, 1.82) is 0 Å². The van der Waals surface area contributed by atoms with E-state index < -0.39 is 11.6 Å². The Morgan fingerprint density at radius 3 is 2.39 bits per heavy atom. The van der Waals surface area contributed by atoms with Gasteiger partial charge in [0, 0.05) is 16.7 Å². The molecule has 0 aliphatic heterocycles. The van der Waals surface area contributed by atoms with E-state index in [0.717, 1.165) is 71.4 Å². The molecule has 0 bridgehead atoms. The van der Waals surface area contributed by atoms with Crippen LogP contribution in [0.1, 0.15) is 49.1 Å². The van der Waals surface area contributed by atoms with Crippen LogP contribution in [0.5, 0.6) is 0 Å². The van der Waals surface area contributed by atoms with Crippen LogP contribution in [0.4, 0.5) is 4.79 Å². The number of rotatable bonds is 5. The van der Waals surface area contributed by atoms with Crippen LogP contribution in [0, 0.1) is 0 Å². The number of amides is 1. The van der Waals surface area contributed by atoms with E-state index in [2.05, 4.69) is 22.5 Å². The maximum atomic E-state index is 11.3. The quantitative estimate of drug-likeness (QED) is 0.371. The maximum Gasteiger partial charge on any atom is 0.405 e. The van der Waals surface area contributed by atoms with E-state index in [9.17, 15) is 9.90 Å². The highest BCUT2D eigenvalue weighted by molar-refractivity contribution is 6.29. The molecule has 4 aromatic rings. The molecule has 7 heteroatoms. The molecular weight excluding hydrogens is 436 g/mol. The SMILES string of the molecule is O=C(O)NC1(c2ccc(-c3nc4c(C5CC5)cc(Cl)nn4c3-c3ccccc3)cc2)CCC1. The van der Waals surface area contributed by atoms with Crippen molar-refractivity contribution < 1.29 is 9.90 Å². The van der Waals surface area contributed by atoms with Crippen LogP contribution >= 0.6 is 11.6 Å². The first-order chi connectivity index (χ1) is 16.0. The van der Waals surface area contributed by atoms with Crippen molar-refractivity contribution in [3.8, 4) is 22.5 Å². The van der Waals surface area contributed by atoms with Crippen LogP contribution in [0.25, 0.3) is 28.2 Å². The molecule has 6 nitrogen and oxygen atoms in total. The van der Waals surface area contributed by atoms with Crippen LogP contribution < -0.4 is 5.32 Å². The minimum absolute atomic E-state index is 0.465. The molecular formula is C26H23ClN4O2. The summed E-state index contributed by atoms with van der Waals surface area (Å²) in [5.41, 5.74) is 6.24. The van der Waals surface area contributed by atoms with E-state index in [0.29, 0.717) is 11.1 Å². The van der Waals surface area contributed by atoms with Crippen molar-refractivity contribution in [3.05, 3.63) is 76.9 Å². The molecule has 2 saturated carbocycles. The van der Waals surface area contributed by atoms with Gasteiger partial charge >= 0.3 is 6.09 Å². The number of nitrogens with zero attached hydrogens (tertiary/aromatic N) is 3. The monoisotopic (exact) mass is 458 g/mol. The number of aromatic nitrogens is 3. The fourth-order valence-corrected chi connectivity index (χ4v) is 5.13. The molecule has 0 radical (unpaired) electrons. The van der Waals surface area contributed by atoms with Crippen LogP contribution in [0.3, 0.4) is 0 Å². The summed E-state index contributed by atoms with van der Waals surface area (Å²) >= 11 is 6.43. The molecule has 2 fully saturated rings. The third kappa shape index (κ3) is 3.45. The van der Waals surface area contributed by atoms with E-state index in [1.165, 1.54) is 0 Å². The topological polar surface area (TPSA) is 79.5 Å². The maximum absolute atomic E-state index is 11.3. The van der Waals surface area contributed by atoms with Gasteiger partial charge in [-0.25, -0.2) is 14.3 Å². The Hall–Kier alpha value is -3.38. The summed E-state index contributed by atoms with van der Waals surface area (Å²) in [5.74, 6) is 0.481. The average Bonchev–Trinajstić information content (AvgIpc) is 3.57. The van der Waals surface area contributed by atoms with Gasteiger partial charge in [-0.2, -0.15) is 5.10 Å². The number of fused-ring (bicyclic) bond motifs is 1. The van der Waals surface area contributed by atoms with Crippen molar-refractivity contribution in [2.75, 3.05) is 0 Å². The molecule has 2 aliphatic rings. The zero-order valence-electron chi connectivity index (χ0n) is 18.0. The summed E-state index contributed by atoms with van der Waals surface area (Å²) in [6.07, 6.45) is 3.95.